The van der Waals surface area contributed by atoms with Gasteiger partial charge in [0, 0.05) is 5.56 Å². The van der Waals surface area contributed by atoms with Crippen molar-refractivity contribution in [1.82, 2.24) is 0 Å². The SMILES string of the molecule is [NH3+]CC(=O)c1ccccc1.c1ccc([B-](c2ccccc2)(c2ccccc2)c2ccccc2)cc1. The molecule has 35 heavy (non-hydrogen) atoms. The highest BCUT2D eigenvalue weighted by Crippen LogP contribution is 2.09. The van der Waals surface area contributed by atoms with Crippen LogP contribution in [-0.2, 0) is 0 Å². The zero-order valence-corrected chi connectivity index (χ0v) is 19.8. The smallest absolute Gasteiger partial charge is 0.216 e. The van der Waals surface area contributed by atoms with Crippen LogP contribution in [0.1, 0.15) is 10.4 Å². The molecule has 0 heterocycles. The molecule has 0 aliphatic carbocycles. The Labute approximate surface area is 208 Å². The van der Waals surface area contributed by atoms with E-state index in [0.717, 1.165) is 5.56 Å². The molecule has 0 unspecified atom stereocenters. The van der Waals surface area contributed by atoms with Gasteiger partial charge in [0.2, 0.25) is 5.78 Å². The van der Waals surface area contributed by atoms with E-state index >= 15 is 0 Å². The van der Waals surface area contributed by atoms with Gasteiger partial charge in [0.25, 0.3) is 0 Å². The number of hydrogen-bond acceptors (Lipinski definition) is 1. The highest BCUT2D eigenvalue weighted by Gasteiger charge is 2.30. The Morgan fingerprint density at radius 3 is 0.971 bits per heavy atom. The third-order valence-electron chi connectivity index (χ3n) is 6.52. The number of carbonyl (C=O) groups is 1. The minimum absolute atomic E-state index is 0.0978. The number of hydrogen-bond donors (Lipinski definition) is 1. The third-order valence-corrected chi connectivity index (χ3v) is 6.52. The lowest BCUT2D eigenvalue weighted by atomic mass is 9.13. The first-order valence-electron chi connectivity index (χ1n) is 12.0. The first kappa shape index (κ1) is 23.9. The van der Waals surface area contributed by atoms with Crippen LogP contribution in [0.3, 0.4) is 0 Å². The molecule has 5 aromatic rings. The second kappa shape index (κ2) is 11.8. The quantitative estimate of drug-likeness (QED) is 0.310. The van der Waals surface area contributed by atoms with E-state index in [1.807, 2.05) is 18.2 Å². The van der Waals surface area contributed by atoms with Crippen LogP contribution in [-0.4, -0.2) is 18.5 Å². The van der Waals surface area contributed by atoms with Crippen molar-refractivity contribution >= 4 is 33.8 Å². The Morgan fingerprint density at radius 1 is 0.457 bits per heavy atom. The van der Waals surface area contributed by atoms with Crippen LogP contribution >= 0.6 is 0 Å². The molecule has 0 saturated heterocycles. The molecule has 5 aromatic carbocycles. The van der Waals surface area contributed by atoms with E-state index in [4.69, 9.17) is 0 Å². The summed E-state index contributed by atoms with van der Waals surface area (Å²) in [6.07, 6.45) is -1.22. The highest BCUT2D eigenvalue weighted by atomic mass is 16.1. The zero-order chi connectivity index (χ0) is 24.3. The molecular formula is C32H30BNO. The van der Waals surface area contributed by atoms with Crippen LogP contribution in [0.2, 0.25) is 0 Å². The molecular weight excluding hydrogens is 425 g/mol. The van der Waals surface area contributed by atoms with E-state index in [2.05, 4.69) is 127 Å². The van der Waals surface area contributed by atoms with Crippen molar-refractivity contribution in [3.63, 3.8) is 0 Å². The maximum Gasteiger partial charge on any atom is 0.216 e. The Morgan fingerprint density at radius 2 is 0.714 bits per heavy atom. The summed E-state index contributed by atoms with van der Waals surface area (Å²) in [6.45, 7) is 0.337. The molecule has 3 N–H and O–H groups in total. The average Bonchev–Trinajstić information content (AvgIpc) is 2.96. The van der Waals surface area contributed by atoms with E-state index < -0.39 is 6.15 Å². The van der Waals surface area contributed by atoms with E-state index in [1.54, 1.807) is 12.1 Å². The topological polar surface area (TPSA) is 44.7 Å². The summed E-state index contributed by atoms with van der Waals surface area (Å²) >= 11 is 0. The van der Waals surface area contributed by atoms with Crippen molar-refractivity contribution in [1.29, 1.82) is 0 Å². The minimum Gasteiger partial charge on any atom is -0.351 e. The van der Waals surface area contributed by atoms with E-state index in [9.17, 15) is 4.79 Å². The molecule has 0 bridgehead atoms. The summed E-state index contributed by atoms with van der Waals surface area (Å²) in [5.74, 6) is 0.0978. The van der Waals surface area contributed by atoms with Gasteiger partial charge in [-0.25, -0.2) is 0 Å². The molecule has 5 rings (SSSR count). The number of carbonyl (C=O) groups excluding carboxylic acids is 1. The molecule has 0 aliphatic rings. The fourth-order valence-corrected chi connectivity index (χ4v) is 4.89. The molecule has 0 radical (unpaired) electrons. The van der Waals surface area contributed by atoms with Crippen LogP contribution in [0.15, 0.2) is 152 Å². The number of benzene rings is 5. The van der Waals surface area contributed by atoms with Crippen LogP contribution in [0.25, 0.3) is 0 Å². The lowest BCUT2D eigenvalue weighted by Gasteiger charge is -2.44. The standard InChI is InChI=1S/C24H20B.C8H9NO/c1-5-13-21(14-6-1)25(22-15-7-2-8-16-22,23-17-9-3-10-18-23)24-19-11-4-12-20-24;9-6-8(10)7-4-2-1-3-5-7/h1-20H;1-5H,6,9H2/q-1;/p+1. The molecule has 2 nitrogen and oxygen atoms in total. The van der Waals surface area contributed by atoms with Gasteiger partial charge in [-0.1, -0.05) is 152 Å². The van der Waals surface area contributed by atoms with Gasteiger partial charge in [-0.15, -0.1) is 0 Å². The van der Waals surface area contributed by atoms with Crippen molar-refractivity contribution < 1.29 is 10.5 Å². The Bertz CT molecular complexity index is 1150. The lowest BCUT2D eigenvalue weighted by Crippen LogP contribution is -2.74. The maximum atomic E-state index is 11.0. The monoisotopic (exact) mass is 455 g/mol. The van der Waals surface area contributed by atoms with Crippen LogP contribution in [0, 0.1) is 0 Å². The van der Waals surface area contributed by atoms with Gasteiger partial charge in [0.1, 0.15) is 12.7 Å². The third kappa shape index (κ3) is 5.32. The van der Waals surface area contributed by atoms with Crippen molar-refractivity contribution in [3.8, 4) is 0 Å². The highest BCUT2D eigenvalue weighted by molar-refractivity contribution is 7.19. The molecule has 0 spiro atoms. The Balaban J connectivity index is 0.000000243. The summed E-state index contributed by atoms with van der Waals surface area (Å²) in [6, 6.07) is 52.7. The largest absolute Gasteiger partial charge is 0.351 e. The molecule has 0 aromatic heterocycles. The van der Waals surface area contributed by atoms with E-state index in [-0.39, 0.29) is 5.78 Å². The van der Waals surface area contributed by atoms with Gasteiger partial charge in [0.05, 0.1) is 0 Å². The summed E-state index contributed by atoms with van der Waals surface area (Å²) in [4.78, 5) is 11.0. The second-order valence-corrected chi connectivity index (χ2v) is 8.55. The predicted octanol–water partition coefficient (Wildman–Crippen LogP) is 3.18. The first-order valence-corrected chi connectivity index (χ1v) is 12.0. The van der Waals surface area contributed by atoms with Gasteiger partial charge >= 0.3 is 0 Å². The second-order valence-electron chi connectivity index (χ2n) is 8.55. The summed E-state index contributed by atoms with van der Waals surface area (Å²) < 4.78 is 0. The molecule has 3 heteroatoms. The van der Waals surface area contributed by atoms with Crippen molar-refractivity contribution in [2.75, 3.05) is 6.54 Å². The minimum atomic E-state index is -1.22. The number of rotatable bonds is 6. The van der Waals surface area contributed by atoms with Crippen LogP contribution < -0.4 is 27.6 Å². The Kier molecular flexibility index (Phi) is 8.06. The molecule has 0 atom stereocenters. The van der Waals surface area contributed by atoms with Gasteiger partial charge in [-0.05, 0) is 0 Å². The summed E-state index contributed by atoms with van der Waals surface area (Å²) in [5, 5.41) is 0. The predicted molar refractivity (Wildman–Crippen MR) is 149 cm³/mol. The van der Waals surface area contributed by atoms with E-state index in [0.29, 0.717) is 6.54 Å². The van der Waals surface area contributed by atoms with Crippen LogP contribution in [0.4, 0.5) is 0 Å². The normalized spacial score (nSPS) is 10.7. The van der Waals surface area contributed by atoms with Gasteiger partial charge in [-0.3, -0.25) is 4.79 Å². The fraction of sp³-hybridized carbons (Fsp3) is 0.0312. The van der Waals surface area contributed by atoms with Crippen molar-refractivity contribution in [2.45, 2.75) is 0 Å². The number of Topliss-reactive ketones (excluding diaryl/α,β-unsaturated/α-hetero) is 1. The average molecular weight is 455 g/mol. The zero-order valence-electron chi connectivity index (χ0n) is 19.8. The molecule has 172 valence electrons. The van der Waals surface area contributed by atoms with Gasteiger partial charge in [-0.2, -0.15) is 21.9 Å². The number of ketones is 1. The fourth-order valence-electron chi connectivity index (χ4n) is 4.89. The first-order chi connectivity index (χ1) is 17.3. The van der Waals surface area contributed by atoms with E-state index in [1.165, 1.54) is 21.9 Å². The van der Waals surface area contributed by atoms with Gasteiger partial charge in [0.15, 0.2) is 0 Å². The van der Waals surface area contributed by atoms with Crippen molar-refractivity contribution in [2.24, 2.45) is 0 Å². The molecule has 0 fully saturated rings. The molecule has 0 amide bonds. The Hall–Kier alpha value is -4.21. The summed E-state index contributed by atoms with van der Waals surface area (Å²) in [7, 11) is 0. The van der Waals surface area contributed by atoms with Crippen molar-refractivity contribution in [3.05, 3.63) is 157 Å². The summed E-state index contributed by atoms with van der Waals surface area (Å²) in [5.41, 5.74) is 9.62. The van der Waals surface area contributed by atoms with Crippen LogP contribution in [0.5, 0.6) is 0 Å². The molecule has 0 saturated carbocycles. The maximum absolute atomic E-state index is 11.0. The lowest BCUT2D eigenvalue weighted by molar-refractivity contribution is -0.349. The van der Waals surface area contributed by atoms with Gasteiger partial charge < -0.3 is 5.73 Å². The number of quaternary nitrogens is 1. The molecule has 0 aliphatic heterocycles.